The molecule has 0 spiro atoms. The van der Waals surface area contributed by atoms with Gasteiger partial charge in [-0.15, -0.1) is 0 Å². The molecule has 2 N–H and O–H groups in total. The second-order valence-corrected chi connectivity index (χ2v) is 3.24. The number of halogens is 1. The monoisotopic (exact) mass is 227 g/mol. The number of benzene rings is 1. The molecule has 1 rings (SSSR count). The van der Waals surface area contributed by atoms with Gasteiger partial charge in [0.15, 0.2) is 0 Å². The number of carbonyl (C=O) groups is 1. The van der Waals surface area contributed by atoms with Gasteiger partial charge in [-0.1, -0.05) is 6.07 Å². The van der Waals surface area contributed by atoms with Crippen LogP contribution in [0.3, 0.4) is 0 Å². The molecule has 0 unspecified atom stereocenters. The second-order valence-electron chi connectivity index (χ2n) is 3.24. The van der Waals surface area contributed by atoms with Crippen LogP contribution in [0, 0.1) is 5.82 Å². The van der Waals surface area contributed by atoms with Crippen molar-refractivity contribution in [2.24, 2.45) is 0 Å². The summed E-state index contributed by atoms with van der Waals surface area (Å²) in [6.45, 7) is 1.11. The third-order valence-corrected chi connectivity index (χ3v) is 2.07. The van der Waals surface area contributed by atoms with Crippen LogP contribution in [0.15, 0.2) is 18.2 Å². The number of anilines is 1. The van der Waals surface area contributed by atoms with Crippen molar-refractivity contribution in [3.8, 4) is 0 Å². The molecule has 88 valence electrons. The third kappa shape index (κ3) is 3.20. The van der Waals surface area contributed by atoms with Gasteiger partial charge < -0.3 is 15.2 Å². The van der Waals surface area contributed by atoms with E-state index in [0.29, 0.717) is 18.8 Å². The summed E-state index contributed by atoms with van der Waals surface area (Å²) in [7, 11) is 1.59. The standard InChI is InChI=1S/C11H14FNO3/c1-16-7-3-6-13-9-5-2-4-8(12)10(9)11(14)15/h2,4-5,13H,3,6-7H2,1H3,(H,14,15). The zero-order valence-corrected chi connectivity index (χ0v) is 9.00. The molecule has 0 aromatic heterocycles. The maximum absolute atomic E-state index is 13.2. The Hall–Kier alpha value is -1.62. The number of ether oxygens (including phenoxy) is 1. The quantitative estimate of drug-likeness (QED) is 0.729. The third-order valence-electron chi connectivity index (χ3n) is 2.07. The highest BCUT2D eigenvalue weighted by Gasteiger charge is 2.14. The SMILES string of the molecule is COCCCNc1cccc(F)c1C(=O)O. The molecule has 5 heteroatoms. The van der Waals surface area contributed by atoms with Crippen LogP contribution < -0.4 is 5.32 Å². The van der Waals surface area contributed by atoms with E-state index in [1.165, 1.54) is 6.07 Å². The average Bonchev–Trinajstić information content (AvgIpc) is 2.24. The molecule has 1 aromatic carbocycles. The van der Waals surface area contributed by atoms with Crippen LogP contribution in [0.5, 0.6) is 0 Å². The lowest BCUT2D eigenvalue weighted by molar-refractivity contribution is 0.0693. The number of carboxylic acids is 1. The Balaban J connectivity index is 2.71. The van der Waals surface area contributed by atoms with Crippen molar-refractivity contribution >= 4 is 11.7 Å². The lowest BCUT2D eigenvalue weighted by atomic mass is 10.1. The summed E-state index contributed by atoms with van der Waals surface area (Å²) in [4.78, 5) is 10.8. The number of methoxy groups -OCH3 is 1. The normalized spacial score (nSPS) is 10.1. The molecule has 0 radical (unpaired) electrons. The second kappa shape index (κ2) is 6.07. The first-order chi connectivity index (χ1) is 7.66. The number of hydrogen-bond acceptors (Lipinski definition) is 3. The van der Waals surface area contributed by atoms with Crippen LogP contribution >= 0.6 is 0 Å². The highest BCUT2D eigenvalue weighted by Crippen LogP contribution is 2.18. The Bertz CT molecular complexity index is 368. The molecular formula is C11H14FNO3. The van der Waals surface area contributed by atoms with Crippen LogP contribution in [0.2, 0.25) is 0 Å². The van der Waals surface area contributed by atoms with Crippen molar-refractivity contribution in [2.75, 3.05) is 25.6 Å². The summed E-state index contributed by atoms with van der Waals surface area (Å²) in [5.41, 5.74) is -0.0245. The minimum atomic E-state index is -1.27. The van der Waals surface area contributed by atoms with Gasteiger partial charge in [-0.25, -0.2) is 9.18 Å². The van der Waals surface area contributed by atoms with E-state index in [1.54, 1.807) is 13.2 Å². The van der Waals surface area contributed by atoms with Crippen molar-refractivity contribution in [1.29, 1.82) is 0 Å². The van der Waals surface area contributed by atoms with Gasteiger partial charge in [0.2, 0.25) is 0 Å². The van der Waals surface area contributed by atoms with Gasteiger partial charge in [-0.05, 0) is 18.6 Å². The van der Waals surface area contributed by atoms with Gasteiger partial charge in [0.1, 0.15) is 11.4 Å². The molecule has 0 fully saturated rings. The number of rotatable bonds is 6. The fourth-order valence-corrected chi connectivity index (χ4v) is 1.33. The Morgan fingerprint density at radius 3 is 2.94 bits per heavy atom. The molecule has 0 amide bonds. The largest absolute Gasteiger partial charge is 0.478 e. The highest BCUT2D eigenvalue weighted by atomic mass is 19.1. The van der Waals surface area contributed by atoms with Crippen LogP contribution in [0.4, 0.5) is 10.1 Å². The van der Waals surface area contributed by atoms with E-state index in [4.69, 9.17) is 9.84 Å². The fourth-order valence-electron chi connectivity index (χ4n) is 1.33. The van der Waals surface area contributed by atoms with E-state index in [9.17, 15) is 9.18 Å². The first-order valence-corrected chi connectivity index (χ1v) is 4.91. The first-order valence-electron chi connectivity index (χ1n) is 4.91. The summed E-state index contributed by atoms with van der Waals surface area (Å²) in [6, 6.07) is 4.14. The molecule has 4 nitrogen and oxygen atoms in total. The van der Waals surface area contributed by atoms with Crippen molar-refractivity contribution in [1.82, 2.24) is 0 Å². The number of nitrogens with one attached hydrogen (secondary N) is 1. The summed E-state index contributed by atoms with van der Waals surface area (Å²) in [5.74, 6) is -2.00. The first kappa shape index (κ1) is 12.4. The molecule has 0 heterocycles. The van der Waals surface area contributed by atoms with Gasteiger partial charge >= 0.3 is 5.97 Å². The topological polar surface area (TPSA) is 58.6 Å². The summed E-state index contributed by atoms with van der Waals surface area (Å²) in [6.07, 6.45) is 0.728. The van der Waals surface area contributed by atoms with Gasteiger partial charge in [0, 0.05) is 20.3 Å². The van der Waals surface area contributed by atoms with E-state index in [-0.39, 0.29) is 5.56 Å². The Morgan fingerprint density at radius 2 is 2.31 bits per heavy atom. The van der Waals surface area contributed by atoms with E-state index in [2.05, 4.69) is 5.32 Å². The van der Waals surface area contributed by atoms with Crippen LogP contribution in [-0.2, 0) is 4.74 Å². The van der Waals surface area contributed by atoms with Crippen LogP contribution in [-0.4, -0.2) is 31.3 Å². The molecule has 0 aliphatic rings. The van der Waals surface area contributed by atoms with Gasteiger partial charge in [-0.2, -0.15) is 0 Å². The van der Waals surface area contributed by atoms with Crippen molar-refractivity contribution in [3.05, 3.63) is 29.6 Å². The van der Waals surface area contributed by atoms with E-state index < -0.39 is 11.8 Å². The van der Waals surface area contributed by atoms with Gasteiger partial charge in [-0.3, -0.25) is 0 Å². The van der Waals surface area contributed by atoms with E-state index in [1.807, 2.05) is 0 Å². The number of aromatic carboxylic acids is 1. The van der Waals surface area contributed by atoms with Crippen LogP contribution in [0.1, 0.15) is 16.8 Å². The van der Waals surface area contributed by atoms with Gasteiger partial charge in [0.05, 0.1) is 5.69 Å². The Labute approximate surface area is 93.0 Å². The lowest BCUT2D eigenvalue weighted by Crippen LogP contribution is -2.10. The maximum Gasteiger partial charge on any atom is 0.340 e. The maximum atomic E-state index is 13.2. The summed E-state index contributed by atoms with van der Waals surface area (Å²) < 4.78 is 18.1. The van der Waals surface area contributed by atoms with Crippen molar-refractivity contribution < 1.29 is 19.0 Å². The van der Waals surface area contributed by atoms with E-state index >= 15 is 0 Å². The zero-order valence-electron chi connectivity index (χ0n) is 9.00. The molecule has 0 atom stereocenters. The summed E-state index contributed by atoms with van der Waals surface area (Å²) in [5, 5.41) is 11.7. The predicted octanol–water partition coefficient (Wildman–Crippen LogP) is 1.97. The lowest BCUT2D eigenvalue weighted by Gasteiger charge is -2.09. The fraction of sp³-hybridized carbons (Fsp3) is 0.364. The number of hydrogen-bond donors (Lipinski definition) is 2. The number of carboxylic acid groups (broad SMARTS) is 1. The van der Waals surface area contributed by atoms with Gasteiger partial charge in [0.25, 0.3) is 0 Å². The zero-order chi connectivity index (χ0) is 12.0. The highest BCUT2D eigenvalue weighted by molar-refractivity contribution is 5.94. The molecule has 1 aromatic rings. The Morgan fingerprint density at radius 1 is 1.56 bits per heavy atom. The molecule has 0 aliphatic carbocycles. The van der Waals surface area contributed by atoms with E-state index in [0.717, 1.165) is 12.5 Å². The smallest absolute Gasteiger partial charge is 0.340 e. The molecule has 0 saturated heterocycles. The molecule has 0 aliphatic heterocycles. The summed E-state index contributed by atoms with van der Waals surface area (Å²) >= 11 is 0. The van der Waals surface area contributed by atoms with Crippen molar-refractivity contribution in [3.63, 3.8) is 0 Å². The molecule has 16 heavy (non-hydrogen) atoms. The minimum Gasteiger partial charge on any atom is -0.478 e. The molecule has 0 bridgehead atoms. The van der Waals surface area contributed by atoms with Crippen LogP contribution in [0.25, 0.3) is 0 Å². The molecule has 0 saturated carbocycles. The Kier molecular flexibility index (Phi) is 4.72. The minimum absolute atomic E-state index is 0.295. The average molecular weight is 227 g/mol. The predicted molar refractivity (Wildman–Crippen MR) is 58.3 cm³/mol. The van der Waals surface area contributed by atoms with Crippen molar-refractivity contribution in [2.45, 2.75) is 6.42 Å². The molecular weight excluding hydrogens is 213 g/mol.